The predicted molar refractivity (Wildman–Crippen MR) is 39.6 cm³/mol. The van der Waals surface area contributed by atoms with Crippen LogP contribution in [0.1, 0.15) is 0 Å². The molecule has 4 nitrogen and oxygen atoms in total. The number of hydrogen-bond donors (Lipinski definition) is 0. The molecule has 1 fully saturated rings. The normalized spacial score (nSPS) is 24.8. The lowest BCUT2D eigenvalue weighted by Crippen LogP contribution is -2.38. The summed E-state index contributed by atoms with van der Waals surface area (Å²) in [6.45, 7) is 0.798. The summed E-state index contributed by atoms with van der Waals surface area (Å²) in [6, 6.07) is 0. The van der Waals surface area contributed by atoms with Crippen molar-refractivity contribution in [3.63, 3.8) is 0 Å². The molecule has 0 aromatic carbocycles. The first-order valence-electron chi connectivity index (χ1n) is 3.23. The number of rotatable bonds is 3. The molecule has 11 heavy (non-hydrogen) atoms. The highest BCUT2D eigenvalue weighted by atomic mass is 32.2. The zero-order valence-corrected chi connectivity index (χ0v) is 7.06. The van der Waals surface area contributed by atoms with Crippen LogP contribution in [0.4, 0.5) is 0 Å². The maximum atomic E-state index is 10.8. The smallest absolute Gasteiger partial charge is 0.237 e. The van der Waals surface area contributed by atoms with E-state index in [1.165, 1.54) is 6.26 Å². The second-order valence-corrected chi connectivity index (χ2v) is 3.78. The molecule has 0 aromatic heterocycles. The van der Waals surface area contributed by atoms with Gasteiger partial charge in [-0.2, -0.15) is 0 Å². The Hall–Kier alpha value is -0.260. The van der Waals surface area contributed by atoms with E-state index in [0.717, 1.165) is 0 Å². The molecule has 1 aliphatic rings. The van der Waals surface area contributed by atoms with Crippen LogP contribution in [0.15, 0.2) is 0 Å². The Kier molecular flexibility index (Phi) is 2.75. The molecule has 1 unspecified atom stereocenters. The molecular weight excluding hydrogens is 168 g/mol. The molecule has 0 N–H and O–H groups in total. The van der Waals surface area contributed by atoms with Crippen molar-refractivity contribution in [1.29, 1.82) is 0 Å². The summed E-state index contributed by atoms with van der Waals surface area (Å²) in [4.78, 5) is 10.5. The molecule has 0 amide bonds. The standard InChI is InChI=1S/C6H10O4S/c1-11(8)5-6(4-7)9-2-3-10-6/h4H,2-3,5H2,1H3. The molecule has 0 spiro atoms. The Labute approximate surface area is 67.3 Å². The summed E-state index contributed by atoms with van der Waals surface area (Å²) in [7, 11) is -1.08. The maximum Gasteiger partial charge on any atom is 0.237 e. The van der Waals surface area contributed by atoms with Crippen LogP contribution >= 0.6 is 0 Å². The van der Waals surface area contributed by atoms with Gasteiger partial charge in [-0.05, 0) is 0 Å². The van der Waals surface area contributed by atoms with Crippen LogP contribution in [-0.4, -0.2) is 41.5 Å². The van der Waals surface area contributed by atoms with Gasteiger partial charge in [0.1, 0.15) is 0 Å². The highest BCUT2D eigenvalue weighted by Crippen LogP contribution is 2.17. The van der Waals surface area contributed by atoms with Crippen LogP contribution in [0, 0.1) is 0 Å². The number of aldehydes is 1. The fraction of sp³-hybridized carbons (Fsp3) is 0.833. The summed E-state index contributed by atoms with van der Waals surface area (Å²) in [6.07, 6.45) is 2.08. The van der Waals surface area contributed by atoms with Crippen molar-refractivity contribution in [3.8, 4) is 0 Å². The number of carbonyl (C=O) groups is 1. The minimum Gasteiger partial charge on any atom is -0.341 e. The highest BCUT2D eigenvalue weighted by molar-refractivity contribution is 7.84. The van der Waals surface area contributed by atoms with E-state index in [9.17, 15) is 9.00 Å². The highest BCUT2D eigenvalue weighted by Gasteiger charge is 2.37. The average Bonchev–Trinajstić information content (AvgIpc) is 2.36. The molecule has 0 bridgehead atoms. The zero-order chi connectivity index (χ0) is 8.32. The topological polar surface area (TPSA) is 52.6 Å². The van der Waals surface area contributed by atoms with Gasteiger partial charge in [-0.15, -0.1) is 0 Å². The maximum absolute atomic E-state index is 10.8. The van der Waals surface area contributed by atoms with Gasteiger partial charge in [0.2, 0.25) is 5.79 Å². The number of carbonyl (C=O) groups excluding carboxylic acids is 1. The van der Waals surface area contributed by atoms with E-state index >= 15 is 0 Å². The fourth-order valence-electron chi connectivity index (χ4n) is 0.939. The lowest BCUT2D eigenvalue weighted by Gasteiger charge is -2.18. The third-order valence-electron chi connectivity index (χ3n) is 1.36. The van der Waals surface area contributed by atoms with Crippen LogP contribution in [0.5, 0.6) is 0 Å². The Balaban J connectivity index is 2.59. The first-order valence-corrected chi connectivity index (χ1v) is 4.95. The summed E-state index contributed by atoms with van der Waals surface area (Å²) in [5, 5.41) is 0. The molecule has 0 radical (unpaired) electrons. The SMILES string of the molecule is CS(=O)CC1(C=O)OCCO1. The van der Waals surface area contributed by atoms with Gasteiger partial charge in [0.15, 0.2) is 6.29 Å². The monoisotopic (exact) mass is 178 g/mol. The zero-order valence-electron chi connectivity index (χ0n) is 6.24. The fourth-order valence-corrected chi connectivity index (χ4v) is 1.74. The molecule has 1 saturated heterocycles. The summed E-state index contributed by atoms with van der Waals surface area (Å²) < 4.78 is 20.8. The molecule has 1 heterocycles. The molecule has 1 atom stereocenters. The lowest BCUT2D eigenvalue weighted by atomic mass is 10.4. The number of hydrogen-bond acceptors (Lipinski definition) is 4. The van der Waals surface area contributed by atoms with Gasteiger partial charge in [0.25, 0.3) is 0 Å². The van der Waals surface area contributed by atoms with Gasteiger partial charge in [-0.1, -0.05) is 0 Å². The minimum atomic E-state index is -1.22. The van der Waals surface area contributed by atoms with E-state index in [2.05, 4.69) is 0 Å². The third kappa shape index (κ3) is 2.08. The summed E-state index contributed by atoms with van der Waals surface area (Å²) >= 11 is 0. The molecule has 0 aliphatic carbocycles. The first kappa shape index (κ1) is 8.83. The van der Waals surface area contributed by atoms with E-state index < -0.39 is 16.6 Å². The molecule has 1 rings (SSSR count). The Morgan fingerprint density at radius 3 is 2.45 bits per heavy atom. The van der Waals surface area contributed by atoms with Gasteiger partial charge in [0.05, 0.1) is 19.0 Å². The van der Waals surface area contributed by atoms with Crippen molar-refractivity contribution in [3.05, 3.63) is 0 Å². The Morgan fingerprint density at radius 2 is 2.09 bits per heavy atom. The van der Waals surface area contributed by atoms with E-state index in [1.54, 1.807) is 0 Å². The Morgan fingerprint density at radius 1 is 1.55 bits per heavy atom. The van der Waals surface area contributed by atoms with E-state index in [-0.39, 0.29) is 5.75 Å². The van der Waals surface area contributed by atoms with E-state index in [1.807, 2.05) is 0 Å². The molecule has 0 saturated carbocycles. The van der Waals surface area contributed by atoms with Crippen LogP contribution in [-0.2, 0) is 25.1 Å². The van der Waals surface area contributed by atoms with Gasteiger partial charge >= 0.3 is 0 Å². The summed E-state index contributed by atoms with van der Waals surface area (Å²) in [5.74, 6) is -1.10. The number of ether oxygens (including phenoxy) is 2. The molecule has 64 valence electrons. The Bertz CT molecular complexity index is 173. The van der Waals surface area contributed by atoms with Gasteiger partial charge < -0.3 is 9.47 Å². The van der Waals surface area contributed by atoms with Gasteiger partial charge in [0, 0.05) is 17.1 Å². The quantitative estimate of drug-likeness (QED) is 0.537. The van der Waals surface area contributed by atoms with E-state index in [0.29, 0.717) is 19.5 Å². The molecule has 1 aliphatic heterocycles. The van der Waals surface area contributed by atoms with Crippen LogP contribution in [0.2, 0.25) is 0 Å². The van der Waals surface area contributed by atoms with Gasteiger partial charge in [-0.3, -0.25) is 9.00 Å². The van der Waals surface area contributed by atoms with E-state index in [4.69, 9.17) is 9.47 Å². The third-order valence-corrected chi connectivity index (χ3v) is 2.17. The molecule has 5 heteroatoms. The molecular formula is C6H10O4S. The first-order chi connectivity index (χ1) is 5.18. The van der Waals surface area contributed by atoms with Crippen molar-refractivity contribution >= 4 is 17.1 Å². The van der Waals surface area contributed by atoms with Crippen molar-refractivity contribution in [2.45, 2.75) is 5.79 Å². The lowest BCUT2D eigenvalue weighted by molar-refractivity contribution is -0.158. The van der Waals surface area contributed by atoms with Crippen LogP contribution in [0.25, 0.3) is 0 Å². The summed E-state index contributed by atoms with van der Waals surface area (Å²) in [5.41, 5.74) is 0. The second-order valence-electron chi connectivity index (χ2n) is 2.34. The van der Waals surface area contributed by atoms with Crippen molar-refractivity contribution in [2.24, 2.45) is 0 Å². The van der Waals surface area contributed by atoms with Crippen molar-refractivity contribution in [2.75, 3.05) is 25.2 Å². The average molecular weight is 178 g/mol. The van der Waals surface area contributed by atoms with Gasteiger partial charge in [-0.25, -0.2) is 0 Å². The van der Waals surface area contributed by atoms with Crippen LogP contribution < -0.4 is 0 Å². The second kappa shape index (κ2) is 3.42. The molecule has 0 aromatic rings. The van der Waals surface area contributed by atoms with Crippen molar-refractivity contribution < 1.29 is 18.5 Å². The predicted octanol–water partition coefficient (Wildman–Crippen LogP) is -0.693. The largest absolute Gasteiger partial charge is 0.341 e. The van der Waals surface area contributed by atoms with Crippen LogP contribution in [0.3, 0.4) is 0 Å². The minimum absolute atomic E-state index is 0.122. The van der Waals surface area contributed by atoms with Crippen molar-refractivity contribution in [1.82, 2.24) is 0 Å².